The number of rotatable bonds is 0. The molecule has 0 saturated heterocycles. The molecule has 0 amide bonds. The summed E-state index contributed by atoms with van der Waals surface area (Å²) in [4.78, 5) is 24.4. The molecule has 2 aliphatic rings. The highest BCUT2D eigenvalue weighted by atomic mass is 16.1. The van der Waals surface area contributed by atoms with Crippen LogP contribution in [-0.2, 0) is 0 Å². The third kappa shape index (κ3) is 1.19. The van der Waals surface area contributed by atoms with E-state index in [1.54, 1.807) is 12.1 Å². The maximum atomic E-state index is 12.2. The number of carbonyl (C=O) groups is 2. The second kappa shape index (κ2) is 3.41. The molecule has 0 fully saturated rings. The third-order valence-corrected chi connectivity index (χ3v) is 3.56. The molecule has 2 aliphatic carbocycles. The van der Waals surface area contributed by atoms with Crippen LogP contribution in [-0.4, -0.2) is 11.6 Å². The lowest BCUT2D eigenvalue weighted by Gasteiger charge is -2.31. The summed E-state index contributed by atoms with van der Waals surface area (Å²) in [7, 11) is 0. The average molecular weight is 212 g/mol. The summed E-state index contributed by atoms with van der Waals surface area (Å²) in [5.74, 6) is 0.0499. The first-order valence-corrected chi connectivity index (χ1v) is 5.61. The van der Waals surface area contributed by atoms with Crippen molar-refractivity contribution in [1.29, 1.82) is 0 Å². The van der Waals surface area contributed by atoms with Gasteiger partial charge in [-0.05, 0) is 12.8 Å². The van der Waals surface area contributed by atoms with Gasteiger partial charge in [0.1, 0.15) is 0 Å². The van der Waals surface area contributed by atoms with Crippen molar-refractivity contribution < 1.29 is 9.59 Å². The van der Waals surface area contributed by atoms with Crippen molar-refractivity contribution in [2.45, 2.75) is 12.8 Å². The summed E-state index contributed by atoms with van der Waals surface area (Å²) in [6, 6.07) is 7.18. The predicted octanol–water partition coefficient (Wildman–Crippen LogP) is 2.65. The Kier molecular flexibility index (Phi) is 2.03. The van der Waals surface area contributed by atoms with Crippen LogP contribution in [0.15, 0.2) is 36.4 Å². The van der Waals surface area contributed by atoms with Gasteiger partial charge in [0.25, 0.3) is 0 Å². The van der Waals surface area contributed by atoms with Crippen molar-refractivity contribution in [1.82, 2.24) is 0 Å². The minimum absolute atomic E-state index is 0.118. The molecule has 2 atom stereocenters. The fourth-order valence-electron chi connectivity index (χ4n) is 2.71. The van der Waals surface area contributed by atoms with Gasteiger partial charge < -0.3 is 0 Å². The van der Waals surface area contributed by atoms with Crippen LogP contribution in [0.1, 0.15) is 33.6 Å². The van der Waals surface area contributed by atoms with Crippen LogP contribution in [0.4, 0.5) is 0 Å². The van der Waals surface area contributed by atoms with Crippen molar-refractivity contribution in [3.05, 3.63) is 47.5 Å². The SMILES string of the molecule is O=C1c2ccccc2C(=O)[C@@H]2CC=CC[C@H]12. The Hall–Kier alpha value is -1.70. The Morgan fingerprint density at radius 3 is 1.69 bits per heavy atom. The molecule has 0 heterocycles. The number of hydrogen-bond acceptors (Lipinski definition) is 2. The van der Waals surface area contributed by atoms with Crippen LogP contribution < -0.4 is 0 Å². The van der Waals surface area contributed by atoms with E-state index in [9.17, 15) is 9.59 Å². The minimum atomic E-state index is -0.118. The molecule has 0 saturated carbocycles. The summed E-state index contributed by atoms with van der Waals surface area (Å²) in [6.07, 6.45) is 5.45. The van der Waals surface area contributed by atoms with Crippen LogP contribution in [0, 0.1) is 11.8 Å². The number of benzene rings is 1. The molecule has 1 aromatic rings. The Balaban J connectivity index is 2.16. The fraction of sp³-hybridized carbons (Fsp3) is 0.286. The first-order chi connectivity index (χ1) is 7.79. The molecule has 0 unspecified atom stereocenters. The van der Waals surface area contributed by atoms with Gasteiger partial charge in [-0.3, -0.25) is 9.59 Å². The van der Waals surface area contributed by atoms with Crippen LogP contribution in [0.3, 0.4) is 0 Å². The zero-order valence-electron chi connectivity index (χ0n) is 8.85. The van der Waals surface area contributed by atoms with Crippen molar-refractivity contribution in [2.75, 3.05) is 0 Å². The van der Waals surface area contributed by atoms with Gasteiger partial charge in [-0.2, -0.15) is 0 Å². The summed E-state index contributed by atoms with van der Waals surface area (Å²) < 4.78 is 0. The van der Waals surface area contributed by atoms with Crippen molar-refractivity contribution in [2.24, 2.45) is 11.8 Å². The van der Waals surface area contributed by atoms with Crippen LogP contribution in [0.25, 0.3) is 0 Å². The fourth-order valence-corrected chi connectivity index (χ4v) is 2.71. The van der Waals surface area contributed by atoms with Crippen molar-refractivity contribution in [3.63, 3.8) is 0 Å². The number of carbonyl (C=O) groups excluding carboxylic acids is 2. The third-order valence-electron chi connectivity index (χ3n) is 3.56. The summed E-state index contributed by atoms with van der Waals surface area (Å²) in [5, 5.41) is 0. The molecule has 0 aliphatic heterocycles. The molecule has 16 heavy (non-hydrogen) atoms. The second-order valence-electron chi connectivity index (χ2n) is 4.43. The van der Waals surface area contributed by atoms with E-state index in [4.69, 9.17) is 0 Å². The number of allylic oxidation sites excluding steroid dienone is 2. The summed E-state index contributed by atoms with van der Waals surface area (Å²) >= 11 is 0. The van der Waals surface area contributed by atoms with Gasteiger partial charge >= 0.3 is 0 Å². The number of hydrogen-bond donors (Lipinski definition) is 0. The van der Waals surface area contributed by atoms with Gasteiger partial charge in [-0.1, -0.05) is 36.4 Å². The summed E-state index contributed by atoms with van der Waals surface area (Å²) in [5.41, 5.74) is 1.23. The van der Waals surface area contributed by atoms with E-state index in [0.717, 1.165) is 0 Å². The highest BCUT2D eigenvalue weighted by Gasteiger charge is 2.40. The molecule has 0 bridgehead atoms. The smallest absolute Gasteiger partial charge is 0.167 e. The normalized spacial score (nSPS) is 27.5. The standard InChI is InChI=1S/C14H12O2/c15-13-9-5-1-2-6-10(9)14(16)12-8-4-3-7-11(12)13/h1-6,11-12H,7-8H2/t11-,12+. The lowest BCUT2D eigenvalue weighted by atomic mass is 9.69. The number of ketones is 2. The molecule has 0 radical (unpaired) electrons. The van der Waals surface area contributed by atoms with E-state index in [1.807, 2.05) is 24.3 Å². The van der Waals surface area contributed by atoms with Crippen LogP contribution in [0.5, 0.6) is 0 Å². The lowest BCUT2D eigenvalue weighted by molar-refractivity contribution is 0.0729. The van der Waals surface area contributed by atoms with Crippen LogP contribution >= 0.6 is 0 Å². The van der Waals surface area contributed by atoms with Gasteiger partial charge in [0.05, 0.1) is 0 Å². The molecule has 80 valence electrons. The van der Waals surface area contributed by atoms with E-state index in [-0.39, 0.29) is 23.4 Å². The second-order valence-corrected chi connectivity index (χ2v) is 4.43. The van der Waals surface area contributed by atoms with Gasteiger partial charge in [0, 0.05) is 23.0 Å². The lowest BCUT2D eigenvalue weighted by Crippen LogP contribution is -2.37. The van der Waals surface area contributed by atoms with Gasteiger partial charge in [0.2, 0.25) is 0 Å². The van der Waals surface area contributed by atoms with Gasteiger partial charge in [-0.25, -0.2) is 0 Å². The quantitative estimate of drug-likeness (QED) is 0.619. The molecule has 2 nitrogen and oxygen atoms in total. The Labute approximate surface area is 94.0 Å². The minimum Gasteiger partial charge on any atom is -0.294 e. The highest BCUT2D eigenvalue weighted by Crippen LogP contribution is 2.36. The van der Waals surface area contributed by atoms with Crippen LogP contribution in [0.2, 0.25) is 0 Å². The molecular formula is C14H12O2. The van der Waals surface area contributed by atoms with E-state index in [1.165, 1.54) is 0 Å². The zero-order valence-corrected chi connectivity index (χ0v) is 8.85. The van der Waals surface area contributed by atoms with E-state index in [0.29, 0.717) is 24.0 Å². The number of Topliss-reactive ketones (excluding diaryl/α,β-unsaturated/α-hetero) is 2. The summed E-state index contributed by atoms with van der Waals surface area (Å²) in [6.45, 7) is 0. The maximum absolute atomic E-state index is 12.2. The molecule has 0 spiro atoms. The Bertz CT molecular complexity index is 454. The van der Waals surface area contributed by atoms with E-state index in [2.05, 4.69) is 0 Å². The zero-order chi connectivity index (χ0) is 11.1. The first-order valence-electron chi connectivity index (χ1n) is 5.61. The molecule has 1 aromatic carbocycles. The molecular weight excluding hydrogens is 200 g/mol. The topological polar surface area (TPSA) is 34.1 Å². The largest absolute Gasteiger partial charge is 0.294 e. The van der Waals surface area contributed by atoms with Gasteiger partial charge in [0.15, 0.2) is 11.6 Å². The van der Waals surface area contributed by atoms with Crippen molar-refractivity contribution in [3.8, 4) is 0 Å². The molecule has 0 N–H and O–H groups in total. The monoisotopic (exact) mass is 212 g/mol. The van der Waals surface area contributed by atoms with Crippen molar-refractivity contribution >= 4 is 11.6 Å². The van der Waals surface area contributed by atoms with E-state index < -0.39 is 0 Å². The number of fused-ring (bicyclic) bond motifs is 2. The molecule has 2 heteroatoms. The Morgan fingerprint density at radius 1 is 0.812 bits per heavy atom. The predicted molar refractivity (Wildman–Crippen MR) is 60.5 cm³/mol. The molecule has 0 aromatic heterocycles. The molecule has 3 rings (SSSR count). The van der Waals surface area contributed by atoms with Gasteiger partial charge in [-0.15, -0.1) is 0 Å². The highest BCUT2D eigenvalue weighted by molar-refractivity contribution is 6.16. The maximum Gasteiger partial charge on any atom is 0.167 e. The first kappa shape index (κ1) is 9.52. The average Bonchev–Trinajstić information content (AvgIpc) is 2.36. The van der Waals surface area contributed by atoms with E-state index >= 15 is 0 Å². The Morgan fingerprint density at radius 2 is 1.25 bits per heavy atom.